The molecule has 5 heteroatoms. The Balaban J connectivity index is 2.37. The van der Waals surface area contributed by atoms with Crippen molar-refractivity contribution in [1.29, 1.82) is 0 Å². The lowest BCUT2D eigenvalue weighted by molar-refractivity contribution is 0.674. The van der Waals surface area contributed by atoms with Gasteiger partial charge in [0.15, 0.2) is 0 Å². The van der Waals surface area contributed by atoms with Crippen molar-refractivity contribution in [3.05, 3.63) is 33.3 Å². The van der Waals surface area contributed by atoms with Crippen molar-refractivity contribution in [2.75, 3.05) is 18.1 Å². The minimum absolute atomic E-state index is 0.697. The van der Waals surface area contributed by atoms with Crippen LogP contribution in [-0.4, -0.2) is 22.3 Å². The van der Waals surface area contributed by atoms with Crippen molar-refractivity contribution >= 4 is 38.3 Å². The summed E-state index contributed by atoms with van der Waals surface area (Å²) in [6.07, 6.45) is 0. The van der Waals surface area contributed by atoms with Crippen LogP contribution in [0, 0.1) is 0 Å². The molecule has 0 fully saturated rings. The summed E-state index contributed by atoms with van der Waals surface area (Å²) in [5, 5.41) is 3.99. The van der Waals surface area contributed by atoms with E-state index in [4.69, 9.17) is 11.6 Å². The molecule has 1 rings (SSSR count). The molecule has 0 bridgehead atoms. The van der Waals surface area contributed by atoms with Gasteiger partial charge in [-0.15, -0.1) is 0 Å². The van der Waals surface area contributed by atoms with Crippen molar-refractivity contribution in [2.24, 2.45) is 0 Å². The fraction of sp³-hybridized carbons (Fsp3) is 0.455. The maximum Gasteiger partial charge on any atom is 0.0451 e. The smallest absolute Gasteiger partial charge is 0.0451 e. The summed E-state index contributed by atoms with van der Waals surface area (Å²) < 4.78 is 12.2. The summed E-state index contributed by atoms with van der Waals surface area (Å²) in [5.41, 5.74) is 1.05. The zero-order valence-corrected chi connectivity index (χ0v) is 12.3. The molecule has 16 heavy (non-hydrogen) atoms. The molecule has 1 aromatic rings. The molecule has 0 aliphatic rings. The van der Waals surface area contributed by atoms with E-state index < -0.39 is 10.8 Å². The molecule has 0 aliphatic carbocycles. The van der Waals surface area contributed by atoms with E-state index in [2.05, 4.69) is 21.2 Å². The van der Waals surface area contributed by atoms with E-state index >= 15 is 0 Å². The molecule has 0 heterocycles. The van der Waals surface area contributed by atoms with E-state index in [-0.39, 0.29) is 0 Å². The van der Waals surface area contributed by atoms with Gasteiger partial charge in [-0.2, -0.15) is 0 Å². The molecule has 1 unspecified atom stereocenters. The van der Waals surface area contributed by atoms with E-state index in [1.54, 1.807) is 0 Å². The predicted octanol–water partition coefficient (Wildman–Crippen LogP) is 2.96. The quantitative estimate of drug-likeness (QED) is 0.815. The Kier molecular flexibility index (Phi) is 6.58. The van der Waals surface area contributed by atoms with Gasteiger partial charge >= 0.3 is 0 Å². The molecule has 0 radical (unpaired) electrons. The fourth-order valence-corrected chi connectivity index (χ4v) is 2.49. The van der Waals surface area contributed by atoms with Gasteiger partial charge in [-0.1, -0.05) is 34.5 Å². The second-order valence-corrected chi connectivity index (χ2v) is 6.53. The summed E-state index contributed by atoms with van der Waals surface area (Å²) in [6, 6.07) is 5.77. The van der Waals surface area contributed by atoms with Gasteiger partial charge in [0, 0.05) is 44.9 Å². The molecule has 0 aliphatic heterocycles. The molecule has 0 aromatic heterocycles. The second kappa shape index (κ2) is 7.43. The van der Waals surface area contributed by atoms with Gasteiger partial charge in [0.25, 0.3) is 0 Å². The molecule has 90 valence electrons. The normalized spacial score (nSPS) is 12.7. The summed E-state index contributed by atoms with van der Waals surface area (Å²) in [6.45, 7) is 3.39. The summed E-state index contributed by atoms with van der Waals surface area (Å²) in [4.78, 5) is 0. The van der Waals surface area contributed by atoms with Crippen molar-refractivity contribution in [2.45, 2.75) is 13.5 Å². The van der Waals surface area contributed by atoms with Crippen LogP contribution in [0.1, 0.15) is 12.5 Å². The van der Waals surface area contributed by atoms with Crippen molar-refractivity contribution in [1.82, 2.24) is 5.32 Å². The molecule has 0 saturated heterocycles. The number of halogens is 2. The van der Waals surface area contributed by atoms with E-state index in [0.29, 0.717) is 12.3 Å². The number of nitrogens with one attached hydrogen (secondary N) is 1. The average molecular weight is 325 g/mol. The minimum Gasteiger partial charge on any atom is -0.312 e. The summed E-state index contributed by atoms with van der Waals surface area (Å²) in [5.74, 6) is 1.42. The standard InChI is InChI=1S/C11H15BrClNOS/c1-2-16(15)6-5-14-8-9-7-10(12)3-4-11(9)13/h3-4,7,14H,2,5-6,8H2,1H3. The SMILES string of the molecule is CCS(=O)CCNCc1cc(Br)ccc1Cl. The van der Waals surface area contributed by atoms with Crippen LogP contribution in [0.25, 0.3) is 0 Å². The van der Waals surface area contributed by atoms with Crippen molar-refractivity contribution < 1.29 is 4.21 Å². The highest BCUT2D eigenvalue weighted by Gasteiger charge is 2.01. The molecule has 0 spiro atoms. The third-order valence-electron chi connectivity index (χ3n) is 2.15. The Labute approximate surface area is 112 Å². The summed E-state index contributed by atoms with van der Waals surface area (Å²) >= 11 is 9.45. The number of hydrogen-bond donors (Lipinski definition) is 1. The van der Waals surface area contributed by atoms with Gasteiger partial charge in [-0.3, -0.25) is 4.21 Å². The molecular formula is C11H15BrClNOS. The Morgan fingerprint density at radius 2 is 2.25 bits per heavy atom. The van der Waals surface area contributed by atoms with Crippen LogP contribution in [0.3, 0.4) is 0 Å². The minimum atomic E-state index is -0.699. The predicted molar refractivity (Wildman–Crippen MR) is 74.4 cm³/mol. The maximum absolute atomic E-state index is 11.2. The topological polar surface area (TPSA) is 29.1 Å². The van der Waals surface area contributed by atoms with Crippen LogP contribution in [0.15, 0.2) is 22.7 Å². The van der Waals surface area contributed by atoms with Gasteiger partial charge < -0.3 is 5.32 Å². The Bertz CT molecular complexity index is 373. The molecule has 0 saturated carbocycles. The van der Waals surface area contributed by atoms with Crippen molar-refractivity contribution in [3.8, 4) is 0 Å². The van der Waals surface area contributed by atoms with E-state index in [0.717, 1.165) is 27.4 Å². The Hall–Kier alpha value is 0.1000. The third kappa shape index (κ3) is 4.95. The maximum atomic E-state index is 11.2. The van der Waals surface area contributed by atoms with Gasteiger partial charge in [-0.05, 0) is 23.8 Å². The lowest BCUT2D eigenvalue weighted by atomic mass is 10.2. The zero-order valence-electron chi connectivity index (χ0n) is 9.13. The highest BCUT2D eigenvalue weighted by atomic mass is 79.9. The first-order valence-corrected chi connectivity index (χ1v) is 7.79. The van der Waals surface area contributed by atoms with Crippen LogP contribution >= 0.6 is 27.5 Å². The van der Waals surface area contributed by atoms with Gasteiger partial charge in [-0.25, -0.2) is 0 Å². The second-order valence-electron chi connectivity index (χ2n) is 3.35. The largest absolute Gasteiger partial charge is 0.312 e. The van der Waals surface area contributed by atoms with E-state index in [9.17, 15) is 4.21 Å². The van der Waals surface area contributed by atoms with Crippen LogP contribution in [-0.2, 0) is 17.3 Å². The van der Waals surface area contributed by atoms with Crippen LogP contribution in [0.5, 0.6) is 0 Å². The van der Waals surface area contributed by atoms with Crippen LogP contribution in [0.2, 0.25) is 5.02 Å². The highest BCUT2D eigenvalue weighted by Crippen LogP contribution is 2.20. The first kappa shape index (κ1) is 14.2. The van der Waals surface area contributed by atoms with Crippen LogP contribution in [0.4, 0.5) is 0 Å². The molecule has 1 aromatic carbocycles. The molecule has 1 atom stereocenters. The van der Waals surface area contributed by atoms with Gasteiger partial charge in [0.2, 0.25) is 0 Å². The van der Waals surface area contributed by atoms with Gasteiger partial charge in [0.05, 0.1) is 0 Å². The Morgan fingerprint density at radius 3 is 2.94 bits per heavy atom. The first-order chi connectivity index (χ1) is 7.63. The van der Waals surface area contributed by atoms with E-state index in [1.165, 1.54) is 0 Å². The lowest BCUT2D eigenvalue weighted by Gasteiger charge is -2.06. The Morgan fingerprint density at radius 1 is 1.50 bits per heavy atom. The number of benzene rings is 1. The molecule has 1 N–H and O–H groups in total. The average Bonchev–Trinajstić information content (AvgIpc) is 2.28. The molecule has 0 amide bonds. The van der Waals surface area contributed by atoms with Crippen molar-refractivity contribution in [3.63, 3.8) is 0 Å². The first-order valence-electron chi connectivity index (χ1n) is 5.13. The zero-order chi connectivity index (χ0) is 12.0. The summed E-state index contributed by atoms with van der Waals surface area (Å²) in [7, 11) is -0.699. The van der Waals surface area contributed by atoms with Gasteiger partial charge in [0.1, 0.15) is 0 Å². The monoisotopic (exact) mass is 323 g/mol. The van der Waals surface area contributed by atoms with Crippen LogP contribution < -0.4 is 5.32 Å². The lowest BCUT2D eigenvalue weighted by Crippen LogP contribution is -2.20. The number of rotatable bonds is 6. The molecule has 2 nitrogen and oxygen atoms in total. The van der Waals surface area contributed by atoms with E-state index in [1.807, 2.05) is 25.1 Å². The highest BCUT2D eigenvalue weighted by molar-refractivity contribution is 9.10. The third-order valence-corrected chi connectivity index (χ3v) is 4.32. The number of hydrogen-bond acceptors (Lipinski definition) is 2. The molecular weight excluding hydrogens is 310 g/mol. The fourth-order valence-electron chi connectivity index (χ4n) is 1.23.